The number of thioether (sulfide) groups is 2. The maximum Gasteiger partial charge on any atom is 0.353 e. The molecule has 0 aromatic carbocycles. The van der Waals surface area contributed by atoms with Gasteiger partial charge in [-0.3, -0.25) is 9.69 Å². The molecule has 0 saturated carbocycles. The molecular formula is C10H14N2O3S2. The minimum atomic E-state index is -1.03. The van der Waals surface area contributed by atoms with Crippen LogP contribution in [-0.2, 0) is 9.59 Å². The summed E-state index contributed by atoms with van der Waals surface area (Å²) in [4.78, 5) is 25.0. The maximum absolute atomic E-state index is 11.6. The highest BCUT2D eigenvalue weighted by Gasteiger charge is 2.51. The summed E-state index contributed by atoms with van der Waals surface area (Å²) in [5, 5.41) is 9.02. The van der Waals surface area contributed by atoms with Crippen LogP contribution in [0.3, 0.4) is 0 Å². The fourth-order valence-electron chi connectivity index (χ4n) is 1.82. The van der Waals surface area contributed by atoms with Crippen molar-refractivity contribution in [3.8, 4) is 0 Å². The first kappa shape index (κ1) is 12.8. The molecule has 0 aromatic heterocycles. The molecule has 1 amide bonds. The number of carboxylic acid groups (broad SMARTS) is 1. The highest BCUT2D eigenvalue weighted by molar-refractivity contribution is 8.06. The summed E-state index contributed by atoms with van der Waals surface area (Å²) in [6.45, 7) is 2.04. The zero-order valence-corrected chi connectivity index (χ0v) is 11.0. The lowest BCUT2D eigenvalue weighted by Crippen LogP contribution is -2.68. The first-order valence-corrected chi connectivity index (χ1v) is 7.40. The van der Waals surface area contributed by atoms with Gasteiger partial charge in [-0.25, -0.2) is 4.79 Å². The van der Waals surface area contributed by atoms with Crippen LogP contribution in [0.15, 0.2) is 10.6 Å². The molecule has 1 fully saturated rings. The average Bonchev–Trinajstić information content (AvgIpc) is 2.33. The molecule has 5 nitrogen and oxygen atoms in total. The van der Waals surface area contributed by atoms with E-state index in [0.29, 0.717) is 5.75 Å². The molecule has 17 heavy (non-hydrogen) atoms. The van der Waals surface area contributed by atoms with Gasteiger partial charge in [0.15, 0.2) is 0 Å². The predicted octanol–water partition coefficient (Wildman–Crippen LogP) is 0.668. The molecule has 0 aromatic rings. The number of aliphatic carboxylic acids is 1. The van der Waals surface area contributed by atoms with Crippen molar-refractivity contribution in [2.24, 2.45) is 5.73 Å². The van der Waals surface area contributed by atoms with Crippen molar-refractivity contribution in [2.75, 3.05) is 11.5 Å². The van der Waals surface area contributed by atoms with Gasteiger partial charge in [-0.15, -0.1) is 23.5 Å². The number of carboxylic acids is 1. The molecule has 94 valence electrons. The summed E-state index contributed by atoms with van der Waals surface area (Å²) in [7, 11) is 0. The fraction of sp³-hybridized carbons (Fsp3) is 0.600. The smallest absolute Gasteiger partial charge is 0.353 e. The minimum absolute atomic E-state index is 0.138. The number of amides is 1. The van der Waals surface area contributed by atoms with Crippen LogP contribution >= 0.6 is 23.5 Å². The second-order valence-corrected chi connectivity index (χ2v) is 6.16. The van der Waals surface area contributed by atoms with Crippen molar-refractivity contribution in [1.82, 2.24) is 4.90 Å². The molecule has 7 heteroatoms. The molecule has 2 aliphatic rings. The molecule has 0 aliphatic carbocycles. The van der Waals surface area contributed by atoms with Crippen molar-refractivity contribution < 1.29 is 14.7 Å². The van der Waals surface area contributed by atoms with E-state index in [0.717, 1.165) is 17.1 Å². The standard InChI is InChI=1S/C10H14N2O3S2/c1-2-3-16-5-4-17-9-6(11)8(13)12(9)7(5)10(14)15/h6,9H,2-4,11H2,1H3,(H,14,15)/t6?,9-/m1/s1. The van der Waals surface area contributed by atoms with Crippen LogP contribution in [0.5, 0.6) is 0 Å². The van der Waals surface area contributed by atoms with Crippen LogP contribution in [-0.4, -0.2) is 44.8 Å². The zero-order chi connectivity index (χ0) is 12.6. The van der Waals surface area contributed by atoms with Crippen molar-refractivity contribution >= 4 is 35.4 Å². The Hall–Kier alpha value is -0.660. The summed E-state index contributed by atoms with van der Waals surface area (Å²) in [6.07, 6.45) is 0.975. The first-order valence-electron chi connectivity index (χ1n) is 5.37. The SMILES string of the molecule is CCCSC1=C(C(=O)O)N2C(=O)C(N)[C@H]2SC1. The quantitative estimate of drug-likeness (QED) is 0.733. The number of β-lactam (4-membered cyclic amide) rings is 1. The Labute approximate surface area is 108 Å². The second-order valence-electron chi connectivity index (χ2n) is 3.86. The number of hydrogen-bond donors (Lipinski definition) is 2. The van der Waals surface area contributed by atoms with E-state index in [1.54, 1.807) is 11.8 Å². The van der Waals surface area contributed by atoms with E-state index in [9.17, 15) is 14.7 Å². The Morgan fingerprint density at radius 1 is 1.71 bits per heavy atom. The van der Waals surface area contributed by atoms with Crippen LogP contribution in [0.25, 0.3) is 0 Å². The van der Waals surface area contributed by atoms with Gasteiger partial charge in [0.2, 0.25) is 5.91 Å². The lowest BCUT2D eigenvalue weighted by Gasteiger charge is -2.47. The van der Waals surface area contributed by atoms with Crippen LogP contribution in [0.2, 0.25) is 0 Å². The second kappa shape index (κ2) is 4.91. The predicted molar refractivity (Wildman–Crippen MR) is 68.5 cm³/mol. The number of hydrogen-bond acceptors (Lipinski definition) is 5. The van der Waals surface area contributed by atoms with Gasteiger partial charge in [0.25, 0.3) is 0 Å². The van der Waals surface area contributed by atoms with Crippen LogP contribution in [0.4, 0.5) is 0 Å². The van der Waals surface area contributed by atoms with E-state index in [4.69, 9.17) is 5.73 Å². The summed E-state index contributed by atoms with van der Waals surface area (Å²) < 4.78 is 0. The van der Waals surface area contributed by atoms with Crippen LogP contribution in [0, 0.1) is 0 Å². The summed E-state index contributed by atoms with van der Waals surface area (Å²) in [6, 6.07) is -0.549. The summed E-state index contributed by atoms with van der Waals surface area (Å²) >= 11 is 3.06. The largest absolute Gasteiger partial charge is 0.477 e. The molecule has 3 N–H and O–H groups in total. The van der Waals surface area contributed by atoms with Crippen molar-refractivity contribution in [3.05, 3.63) is 10.6 Å². The normalized spacial score (nSPS) is 27.9. The molecule has 2 heterocycles. The molecule has 0 bridgehead atoms. The molecular weight excluding hydrogens is 260 g/mol. The van der Waals surface area contributed by atoms with Gasteiger partial charge in [0.05, 0.1) is 0 Å². The first-order chi connectivity index (χ1) is 8.07. The van der Waals surface area contributed by atoms with E-state index in [1.165, 1.54) is 16.7 Å². The Bertz CT molecular complexity index is 397. The van der Waals surface area contributed by atoms with Gasteiger partial charge >= 0.3 is 5.97 Å². The molecule has 1 unspecified atom stereocenters. The number of nitrogens with two attached hydrogens (primary N) is 1. The van der Waals surface area contributed by atoms with Gasteiger partial charge in [-0.05, 0) is 12.2 Å². The topological polar surface area (TPSA) is 83.6 Å². The number of fused-ring (bicyclic) bond motifs is 1. The van der Waals surface area contributed by atoms with E-state index in [1.807, 2.05) is 6.92 Å². The van der Waals surface area contributed by atoms with Crippen molar-refractivity contribution in [1.29, 1.82) is 0 Å². The van der Waals surface area contributed by atoms with E-state index in [-0.39, 0.29) is 17.0 Å². The Balaban J connectivity index is 2.26. The number of carbonyl (C=O) groups excluding carboxylic acids is 1. The van der Waals surface area contributed by atoms with Crippen molar-refractivity contribution in [2.45, 2.75) is 24.8 Å². The molecule has 0 radical (unpaired) electrons. The third-order valence-corrected chi connectivity index (χ3v) is 5.44. The minimum Gasteiger partial charge on any atom is -0.477 e. The average molecular weight is 274 g/mol. The Morgan fingerprint density at radius 3 is 3.00 bits per heavy atom. The number of rotatable bonds is 4. The molecule has 2 atom stereocenters. The zero-order valence-electron chi connectivity index (χ0n) is 9.38. The number of carbonyl (C=O) groups is 2. The molecule has 2 aliphatic heterocycles. The van der Waals surface area contributed by atoms with Crippen LogP contribution < -0.4 is 5.73 Å². The van der Waals surface area contributed by atoms with Crippen LogP contribution in [0.1, 0.15) is 13.3 Å². The molecule has 0 spiro atoms. The monoisotopic (exact) mass is 274 g/mol. The van der Waals surface area contributed by atoms with E-state index < -0.39 is 12.0 Å². The highest BCUT2D eigenvalue weighted by atomic mass is 32.2. The number of nitrogens with zero attached hydrogens (tertiary/aromatic N) is 1. The van der Waals surface area contributed by atoms with Gasteiger partial charge < -0.3 is 10.8 Å². The summed E-state index contributed by atoms with van der Waals surface area (Å²) in [5.41, 5.74) is 5.79. The van der Waals surface area contributed by atoms with Gasteiger partial charge in [0, 0.05) is 10.7 Å². The van der Waals surface area contributed by atoms with E-state index >= 15 is 0 Å². The van der Waals surface area contributed by atoms with E-state index in [2.05, 4.69) is 0 Å². The lowest BCUT2D eigenvalue weighted by atomic mass is 10.1. The van der Waals surface area contributed by atoms with Crippen molar-refractivity contribution in [3.63, 3.8) is 0 Å². The molecule has 2 rings (SSSR count). The third kappa shape index (κ3) is 2.07. The lowest BCUT2D eigenvalue weighted by molar-refractivity contribution is -0.147. The fourth-order valence-corrected chi connectivity index (χ4v) is 4.27. The van der Waals surface area contributed by atoms with Gasteiger partial charge in [-0.2, -0.15) is 0 Å². The Morgan fingerprint density at radius 2 is 2.41 bits per heavy atom. The molecule has 1 saturated heterocycles. The van der Waals surface area contributed by atoms with Gasteiger partial charge in [-0.1, -0.05) is 6.92 Å². The summed E-state index contributed by atoms with van der Waals surface area (Å²) in [5.74, 6) is 0.184. The Kier molecular flexibility index (Phi) is 3.70. The maximum atomic E-state index is 11.6. The third-order valence-electron chi connectivity index (χ3n) is 2.66. The van der Waals surface area contributed by atoms with Gasteiger partial charge in [0.1, 0.15) is 17.1 Å². The highest BCUT2D eigenvalue weighted by Crippen LogP contribution is 2.42.